The van der Waals surface area contributed by atoms with E-state index in [9.17, 15) is 4.79 Å². The molecule has 142 valence electrons. The molecule has 0 bridgehead atoms. The Bertz CT molecular complexity index is 924. The molecule has 1 aromatic carbocycles. The van der Waals surface area contributed by atoms with Gasteiger partial charge in [0.15, 0.2) is 10.9 Å². The molecule has 0 radical (unpaired) electrons. The van der Waals surface area contributed by atoms with Crippen molar-refractivity contribution in [1.29, 1.82) is 0 Å². The lowest BCUT2D eigenvalue weighted by atomic mass is 10.2. The molecular formula is C18H23N7OS. The number of nitrogens with zero attached hydrogens (tertiary/aromatic N) is 5. The van der Waals surface area contributed by atoms with Crippen molar-refractivity contribution in [1.82, 2.24) is 24.6 Å². The number of carbonyl (C=O) groups excluding carboxylic acids is 1. The van der Waals surface area contributed by atoms with E-state index in [-0.39, 0.29) is 23.6 Å². The molecule has 0 aliphatic carbocycles. The van der Waals surface area contributed by atoms with E-state index >= 15 is 0 Å². The van der Waals surface area contributed by atoms with Crippen molar-refractivity contribution in [2.75, 3.05) is 16.4 Å². The minimum atomic E-state index is 0.0368. The lowest BCUT2D eigenvalue weighted by Gasteiger charge is -2.14. The zero-order chi connectivity index (χ0) is 19.4. The van der Waals surface area contributed by atoms with Gasteiger partial charge in [-0.25, -0.2) is 4.40 Å². The Morgan fingerprint density at radius 1 is 1.04 bits per heavy atom. The van der Waals surface area contributed by atoms with Gasteiger partial charge >= 0.3 is 0 Å². The summed E-state index contributed by atoms with van der Waals surface area (Å²) in [5, 5.41) is 15.4. The molecule has 3 rings (SSSR count). The van der Waals surface area contributed by atoms with Gasteiger partial charge in [0.2, 0.25) is 11.9 Å². The van der Waals surface area contributed by atoms with Crippen molar-refractivity contribution in [3.63, 3.8) is 0 Å². The van der Waals surface area contributed by atoms with E-state index in [1.54, 1.807) is 4.40 Å². The first kappa shape index (κ1) is 19.1. The summed E-state index contributed by atoms with van der Waals surface area (Å²) >= 11 is 1.32. The third kappa shape index (κ3) is 4.73. The number of carbonyl (C=O) groups is 1. The van der Waals surface area contributed by atoms with Gasteiger partial charge in [0.1, 0.15) is 0 Å². The van der Waals surface area contributed by atoms with E-state index in [2.05, 4.69) is 30.8 Å². The largest absolute Gasteiger partial charge is 0.353 e. The van der Waals surface area contributed by atoms with Crippen molar-refractivity contribution < 1.29 is 4.79 Å². The predicted octanol–water partition coefficient (Wildman–Crippen LogP) is 3.13. The number of ketones is 1. The maximum absolute atomic E-state index is 12.4. The highest BCUT2D eigenvalue weighted by Crippen LogP contribution is 2.22. The molecule has 0 aliphatic rings. The van der Waals surface area contributed by atoms with Crippen molar-refractivity contribution in [3.8, 4) is 0 Å². The monoisotopic (exact) mass is 385 g/mol. The van der Waals surface area contributed by atoms with Gasteiger partial charge in [-0.3, -0.25) is 4.79 Å². The molecule has 0 saturated heterocycles. The average Bonchev–Trinajstić information content (AvgIpc) is 3.02. The summed E-state index contributed by atoms with van der Waals surface area (Å²) < 4.78 is 1.74. The normalized spacial score (nSPS) is 11.3. The molecule has 0 amide bonds. The van der Waals surface area contributed by atoms with Crippen molar-refractivity contribution in [2.24, 2.45) is 0 Å². The molecule has 0 saturated carbocycles. The summed E-state index contributed by atoms with van der Waals surface area (Å²) in [4.78, 5) is 21.3. The van der Waals surface area contributed by atoms with Crippen LogP contribution in [-0.4, -0.2) is 48.2 Å². The van der Waals surface area contributed by atoms with E-state index in [0.717, 1.165) is 0 Å². The Balaban J connectivity index is 1.88. The number of thioether (sulfide) groups is 1. The molecule has 2 N–H and O–H groups in total. The molecular weight excluding hydrogens is 362 g/mol. The molecule has 2 heterocycles. The molecule has 2 aromatic heterocycles. The van der Waals surface area contributed by atoms with E-state index < -0.39 is 0 Å². The van der Waals surface area contributed by atoms with Gasteiger partial charge in [-0.05, 0) is 27.7 Å². The zero-order valence-electron chi connectivity index (χ0n) is 15.8. The Hall–Kier alpha value is -2.68. The second-order valence-electron chi connectivity index (χ2n) is 6.66. The number of hydrogen-bond donors (Lipinski definition) is 2. The van der Waals surface area contributed by atoms with Crippen LogP contribution in [0.1, 0.15) is 38.1 Å². The molecule has 0 aliphatic heterocycles. The van der Waals surface area contributed by atoms with Crippen LogP contribution in [0, 0.1) is 0 Å². The first-order chi connectivity index (χ1) is 12.9. The molecule has 0 fully saturated rings. The maximum Gasteiger partial charge on any atom is 0.261 e. The van der Waals surface area contributed by atoms with Crippen LogP contribution in [0.25, 0.3) is 5.78 Å². The predicted molar refractivity (Wildman–Crippen MR) is 108 cm³/mol. The second kappa shape index (κ2) is 8.34. The molecule has 0 unspecified atom stereocenters. The Kier molecular flexibility index (Phi) is 5.90. The van der Waals surface area contributed by atoms with Gasteiger partial charge in [-0.1, -0.05) is 42.1 Å². The number of anilines is 2. The molecule has 3 aromatic rings. The van der Waals surface area contributed by atoms with Gasteiger partial charge in [-0.15, -0.1) is 10.2 Å². The zero-order valence-corrected chi connectivity index (χ0v) is 16.6. The summed E-state index contributed by atoms with van der Waals surface area (Å²) in [5.74, 6) is 1.82. The van der Waals surface area contributed by atoms with Crippen molar-refractivity contribution in [3.05, 3.63) is 35.9 Å². The SMILES string of the molecule is CC(C)Nc1nc(NC(C)C)n2c(SCC(=O)c3ccccc3)nnc2n1. The number of benzene rings is 1. The smallest absolute Gasteiger partial charge is 0.261 e. The van der Waals surface area contributed by atoms with Crippen LogP contribution in [0.4, 0.5) is 11.9 Å². The maximum atomic E-state index is 12.4. The van der Waals surface area contributed by atoms with E-state index in [4.69, 9.17) is 0 Å². The lowest BCUT2D eigenvalue weighted by Crippen LogP contribution is -2.19. The highest BCUT2D eigenvalue weighted by molar-refractivity contribution is 7.99. The van der Waals surface area contributed by atoms with E-state index in [0.29, 0.717) is 28.4 Å². The Morgan fingerprint density at radius 2 is 1.74 bits per heavy atom. The fourth-order valence-corrected chi connectivity index (χ4v) is 3.22. The number of hydrogen-bond acceptors (Lipinski definition) is 8. The third-order valence-corrected chi connectivity index (χ3v) is 4.44. The molecule has 0 spiro atoms. The summed E-state index contributed by atoms with van der Waals surface area (Å²) in [6.45, 7) is 8.09. The summed E-state index contributed by atoms with van der Waals surface area (Å²) in [6, 6.07) is 9.58. The highest BCUT2D eigenvalue weighted by atomic mass is 32.2. The van der Waals surface area contributed by atoms with Crippen LogP contribution in [0.3, 0.4) is 0 Å². The molecule has 9 heteroatoms. The van der Waals surface area contributed by atoms with E-state index in [1.165, 1.54) is 11.8 Å². The van der Waals surface area contributed by atoms with Crippen LogP contribution in [-0.2, 0) is 0 Å². The lowest BCUT2D eigenvalue weighted by molar-refractivity contribution is 0.102. The van der Waals surface area contributed by atoms with Crippen LogP contribution in [0.15, 0.2) is 35.5 Å². The Morgan fingerprint density at radius 3 is 2.41 bits per heavy atom. The second-order valence-corrected chi connectivity index (χ2v) is 7.61. The van der Waals surface area contributed by atoms with Gasteiger partial charge < -0.3 is 10.6 Å². The van der Waals surface area contributed by atoms with Gasteiger partial charge in [-0.2, -0.15) is 9.97 Å². The standard InChI is InChI=1S/C18H23N7OS/c1-11(2)19-15-21-16(20-12(3)4)25-17(22-15)23-24-18(25)27-10-14(26)13-8-6-5-7-9-13/h5-9,11-12H,10H2,1-4H3,(H2,19,20,21,22,23). The van der Waals surface area contributed by atoms with Gasteiger partial charge in [0.25, 0.3) is 5.78 Å². The first-order valence-corrected chi connectivity index (χ1v) is 9.80. The van der Waals surface area contributed by atoms with Crippen LogP contribution >= 0.6 is 11.8 Å². The van der Waals surface area contributed by atoms with Crippen molar-refractivity contribution in [2.45, 2.75) is 44.9 Å². The van der Waals surface area contributed by atoms with Crippen LogP contribution in [0.2, 0.25) is 0 Å². The van der Waals surface area contributed by atoms with Gasteiger partial charge in [0.05, 0.1) is 5.75 Å². The highest BCUT2D eigenvalue weighted by Gasteiger charge is 2.17. The third-order valence-electron chi connectivity index (χ3n) is 3.51. The summed E-state index contributed by atoms with van der Waals surface area (Å²) in [7, 11) is 0. The van der Waals surface area contributed by atoms with Crippen LogP contribution < -0.4 is 10.6 Å². The molecule has 0 atom stereocenters. The number of fused-ring (bicyclic) bond motifs is 1. The number of aromatic nitrogens is 5. The first-order valence-electron chi connectivity index (χ1n) is 8.81. The Labute approximate surface area is 162 Å². The quantitative estimate of drug-likeness (QED) is 0.451. The molecule has 27 heavy (non-hydrogen) atoms. The minimum absolute atomic E-state index is 0.0368. The molecule has 8 nitrogen and oxygen atoms in total. The van der Waals surface area contributed by atoms with Gasteiger partial charge in [0, 0.05) is 17.6 Å². The van der Waals surface area contributed by atoms with Crippen LogP contribution in [0.5, 0.6) is 0 Å². The minimum Gasteiger partial charge on any atom is -0.353 e. The van der Waals surface area contributed by atoms with E-state index in [1.807, 2.05) is 58.0 Å². The summed E-state index contributed by atoms with van der Waals surface area (Å²) in [6.07, 6.45) is 0. The fourth-order valence-electron chi connectivity index (χ4n) is 2.40. The number of Topliss-reactive ketones (excluding diaryl/α,β-unsaturated/α-hetero) is 1. The average molecular weight is 385 g/mol. The number of nitrogens with one attached hydrogen (secondary N) is 2. The fraction of sp³-hybridized carbons (Fsp3) is 0.389. The van der Waals surface area contributed by atoms with Crippen molar-refractivity contribution >= 4 is 35.2 Å². The number of rotatable bonds is 8. The topological polar surface area (TPSA) is 97.1 Å². The summed E-state index contributed by atoms with van der Waals surface area (Å²) in [5.41, 5.74) is 0.680.